The van der Waals surface area contributed by atoms with Crippen LogP contribution in [0.15, 0.2) is 90.1 Å². The number of nitrogens with one attached hydrogen (secondary N) is 2. The predicted octanol–water partition coefficient (Wildman–Crippen LogP) is 5.08. The van der Waals surface area contributed by atoms with Gasteiger partial charge >= 0.3 is 0 Å². The smallest absolute Gasteiger partial charge is 0.264 e. The van der Waals surface area contributed by atoms with Gasteiger partial charge in [-0.05, 0) is 74.2 Å². The number of nitrogens with zero attached hydrogens (tertiary/aromatic N) is 1. The van der Waals surface area contributed by atoms with E-state index in [0.29, 0.717) is 29.4 Å². The molecule has 8 nitrogen and oxygen atoms in total. The standard InChI is InChI=1S/C28H29N3O5S/c1-4-35-26-17-21(11-13-25(26)36-19(2)3)27(28(32)31-37(33,34)24-8-6-5-7-9-24)30-23-12-10-22-18-29-15-14-20(22)16-23/h5-19,27,30H,4H2,1-3H3,(H,31,32)/t27-/m1/s1. The molecule has 0 saturated carbocycles. The summed E-state index contributed by atoms with van der Waals surface area (Å²) >= 11 is 0. The molecular weight excluding hydrogens is 490 g/mol. The normalized spacial score (nSPS) is 12.2. The molecule has 2 N–H and O–H groups in total. The van der Waals surface area contributed by atoms with E-state index >= 15 is 0 Å². The number of amides is 1. The van der Waals surface area contributed by atoms with Gasteiger partial charge in [0.1, 0.15) is 6.04 Å². The summed E-state index contributed by atoms with van der Waals surface area (Å²) in [6.07, 6.45) is 3.35. The van der Waals surface area contributed by atoms with Crippen molar-refractivity contribution < 1.29 is 22.7 Å². The Morgan fingerprint density at radius 1 is 0.946 bits per heavy atom. The fourth-order valence-corrected chi connectivity index (χ4v) is 4.83. The molecule has 0 spiro atoms. The number of carbonyl (C=O) groups excluding carboxylic acids is 1. The molecule has 1 atom stereocenters. The van der Waals surface area contributed by atoms with Gasteiger partial charge in [-0.3, -0.25) is 9.78 Å². The van der Waals surface area contributed by atoms with Gasteiger partial charge in [-0.2, -0.15) is 0 Å². The van der Waals surface area contributed by atoms with Crippen LogP contribution in [0, 0.1) is 0 Å². The molecule has 0 bridgehead atoms. The van der Waals surface area contributed by atoms with Crippen molar-refractivity contribution in [2.75, 3.05) is 11.9 Å². The van der Waals surface area contributed by atoms with Gasteiger partial charge in [0.2, 0.25) is 0 Å². The molecule has 0 saturated heterocycles. The molecular formula is C28H29N3O5S. The summed E-state index contributed by atoms with van der Waals surface area (Å²) in [6, 6.07) is 19.3. The lowest BCUT2D eigenvalue weighted by Crippen LogP contribution is -2.37. The molecule has 192 valence electrons. The average molecular weight is 520 g/mol. The first kappa shape index (κ1) is 26.0. The number of anilines is 1. The maximum absolute atomic E-state index is 13.5. The number of sulfonamides is 1. The highest BCUT2D eigenvalue weighted by atomic mass is 32.2. The molecule has 0 unspecified atom stereocenters. The Hall–Kier alpha value is -4.11. The van der Waals surface area contributed by atoms with E-state index in [2.05, 4.69) is 15.0 Å². The third-order valence-electron chi connectivity index (χ3n) is 5.47. The maximum Gasteiger partial charge on any atom is 0.264 e. The van der Waals surface area contributed by atoms with Gasteiger partial charge in [0, 0.05) is 23.5 Å². The van der Waals surface area contributed by atoms with E-state index in [1.807, 2.05) is 45.0 Å². The first-order valence-corrected chi connectivity index (χ1v) is 13.4. The van der Waals surface area contributed by atoms with Crippen molar-refractivity contribution in [1.29, 1.82) is 0 Å². The van der Waals surface area contributed by atoms with E-state index in [1.165, 1.54) is 12.1 Å². The number of pyridine rings is 1. The van der Waals surface area contributed by atoms with Crippen LogP contribution in [0.4, 0.5) is 5.69 Å². The SMILES string of the molecule is CCOc1cc([C@@H](Nc2ccc3cnccc3c2)C(=O)NS(=O)(=O)c2ccccc2)ccc1OC(C)C. The number of rotatable bonds is 10. The lowest BCUT2D eigenvalue weighted by atomic mass is 10.0. The monoisotopic (exact) mass is 519 g/mol. The molecule has 1 heterocycles. The Kier molecular flexibility index (Phi) is 7.93. The topological polar surface area (TPSA) is 107 Å². The van der Waals surface area contributed by atoms with Gasteiger partial charge in [0.15, 0.2) is 11.5 Å². The molecule has 3 aromatic carbocycles. The second-order valence-corrected chi connectivity index (χ2v) is 10.3. The number of aromatic nitrogens is 1. The van der Waals surface area contributed by atoms with Crippen LogP contribution in [-0.4, -0.2) is 32.0 Å². The van der Waals surface area contributed by atoms with Crippen LogP contribution in [0.1, 0.15) is 32.4 Å². The third-order valence-corrected chi connectivity index (χ3v) is 6.83. The number of benzene rings is 3. The van der Waals surface area contributed by atoms with Gasteiger partial charge < -0.3 is 14.8 Å². The molecule has 4 aromatic rings. The minimum atomic E-state index is -4.09. The third kappa shape index (κ3) is 6.37. The van der Waals surface area contributed by atoms with Crippen molar-refractivity contribution in [3.05, 3.63) is 90.8 Å². The predicted molar refractivity (Wildman–Crippen MR) is 143 cm³/mol. The van der Waals surface area contributed by atoms with E-state index in [9.17, 15) is 13.2 Å². The zero-order chi connectivity index (χ0) is 26.4. The lowest BCUT2D eigenvalue weighted by Gasteiger charge is -2.22. The van der Waals surface area contributed by atoms with Gasteiger partial charge in [0.25, 0.3) is 15.9 Å². The largest absolute Gasteiger partial charge is 0.490 e. The van der Waals surface area contributed by atoms with Crippen LogP contribution in [0.3, 0.4) is 0 Å². The Morgan fingerprint density at radius 3 is 2.46 bits per heavy atom. The summed E-state index contributed by atoms with van der Waals surface area (Å²) in [6.45, 7) is 6.06. The molecule has 0 aliphatic heterocycles. The van der Waals surface area contributed by atoms with Crippen molar-refractivity contribution in [3.63, 3.8) is 0 Å². The van der Waals surface area contributed by atoms with Gasteiger partial charge in [-0.15, -0.1) is 0 Å². The fraction of sp³-hybridized carbons (Fsp3) is 0.214. The van der Waals surface area contributed by atoms with Crippen LogP contribution in [-0.2, 0) is 14.8 Å². The summed E-state index contributed by atoms with van der Waals surface area (Å²) < 4.78 is 39.7. The molecule has 37 heavy (non-hydrogen) atoms. The van der Waals surface area contributed by atoms with Gasteiger partial charge in [0.05, 0.1) is 17.6 Å². The van der Waals surface area contributed by atoms with Crippen LogP contribution >= 0.6 is 0 Å². The molecule has 0 aliphatic rings. The zero-order valence-electron chi connectivity index (χ0n) is 20.8. The molecule has 1 aromatic heterocycles. The fourth-order valence-electron chi connectivity index (χ4n) is 3.81. The van der Waals surface area contributed by atoms with Gasteiger partial charge in [-0.25, -0.2) is 13.1 Å². The minimum Gasteiger partial charge on any atom is -0.490 e. The number of hydrogen-bond donors (Lipinski definition) is 2. The van der Waals surface area contributed by atoms with E-state index < -0.39 is 22.0 Å². The Morgan fingerprint density at radius 2 is 1.73 bits per heavy atom. The zero-order valence-corrected chi connectivity index (χ0v) is 21.7. The first-order chi connectivity index (χ1) is 17.8. The van der Waals surface area contributed by atoms with Crippen LogP contribution in [0.25, 0.3) is 10.8 Å². The van der Waals surface area contributed by atoms with Crippen molar-refractivity contribution in [1.82, 2.24) is 9.71 Å². The van der Waals surface area contributed by atoms with E-state index in [4.69, 9.17) is 9.47 Å². The summed E-state index contributed by atoms with van der Waals surface area (Å²) in [5.74, 6) is 0.261. The van der Waals surface area contributed by atoms with Crippen molar-refractivity contribution >= 4 is 32.4 Å². The van der Waals surface area contributed by atoms with Crippen molar-refractivity contribution in [2.45, 2.75) is 37.8 Å². The van der Waals surface area contributed by atoms with Crippen LogP contribution in [0.2, 0.25) is 0 Å². The van der Waals surface area contributed by atoms with Crippen LogP contribution in [0.5, 0.6) is 11.5 Å². The summed E-state index contributed by atoms with van der Waals surface area (Å²) in [5, 5.41) is 5.06. The molecule has 1 amide bonds. The van der Waals surface area contributed by atoms with Crippen molar-refractivity contribution in [2.24, 2.45) is 0 Å². The summed E-state index contributed by atoms with van der Waals surface area (Å²) in [5.41, 5.74) is 1.14. The number of hydrogen-bond acceptors (Lipinski definition) is 7. The Labute approximate surface area is 216 Å². The number of fused-ring (bicyclic) bond motifs is 1. The van der Waals surface area contributed by atoms with E-state index in [0.717, 1.165) is 10.8 Å². The Balaban J connectivity index is 1.73. The highest BCUT2D eigenvalue weighted by Crippen LogP contribution is 2.33. The number of ether oxygens (including phenoxy) is 2. The molecule has 0 fully saturated rings. The van der Waals surface area contributed by atoms with Crippen LogP contribution < -0.4 is 19.5 Å². The minimum absolute atomic E-state index is 0.00371. The van der Waals surface area contributed by atoms with E-state index in [-0.39, 0.29) is 11.0 Å². The highest BCUT2D eigenvalue weighted by Gasteiger charge is 2.27. The average Bonchev–Trinajstić information content (AvgIpc) is 2.88. The van der Waals surface area contributed by atoms with Gasteiger partial charge in [-0.1, -0.05) is 30.3 Å². The molecule has 9 heteroatoms. The lowest BCUT2D eigenvalue weighted by molar-refractivity contribution is -0.120. The maximum atomic E-state index is 13.5. The van der Waals surface area contributed by atoms with E-state index in [1.54, 1.807) is 48.8 Å². The number of carbonyl (C=O) groups is 1. The second-order valence-electron chi connectivity index (χ2n) is 8.60. The van der Waals surface area contributed by atoms with Crippen molar-refractivity contribution in [3.8, 4) is 11.5 Å². The molecule has 0 radical (unpaired) electrons. The quantitative estimate of drug-likeness (QED) is 0.301. The highest BCUT2D eigenvalue weighted by molar-refractivity contribution is 7.90. The molecule has 0 aliphatic carbocycles. The summed E-state index contributed by atoms with van der Waals surface area (Å²) in [7, 11) is -4.09. The summed E-state index contributed by atoms with van der Waals surface area (Å²) in [4.78, 5) is 17.6. The first-order valence-electron chi connectivity index (χ1n) is 11.9. The molecule has 4 rings (SSSR count). The Bertz CT molecular complexity index is 1490. The second kappa shape index (κ2) is 11.3.